The Kier molecular flexibility index (Phi) is 10.1. The standard InChI is InChI=1S/C21H27NO4.CH2O3/c23-19-13-22-14-20(24)21(19)17-7-9-18(10-8-17)26-12-4-11-25-15-16-5-2-1-3-6-16;2-1(3)4/h1-3,5-10,19-24H,4,11-15H2;(H2,2,3,4)/t19-,20+,21?;. The molecule has 0 spiro atoms. The van der Waals surface area contributed by atoms with E-state index in [4.69, 9.17) is 24.5 Å². The number of hydrogen-bond acceptors (Lipinski definition) is 6. The van der Waals surface area contributed by atoms with Crippen LogP contribution in [-0.4, -0.2) is 65.1 Å². The lowest BCUT2D eigenvalue weighted by molar-refractivity contribution is 0.0264. The first-order chi connectivity index (χ1) is 14.5. The van der Waals surface area contributed by atoms with Gasteiger partial charge in [-0.25, -0.2) is 4.79 Å². The average Bonchev–Trinajstić information content (AvgIpc) is 2.72. The van der Waals surface area contributed by atoms with E-state index in [0.717, 1.165) is 17.7 Å². The summed E-state index contributed by atoms with van der Waals surface area (Å²) in [5.41, 5.74) is 2.11. The molecular formula is C22H29NO7. The summed E-state index contributed by atoms with van der Waals surface area (Å²) in [4.78, 5) is 8.56. The van der Waals surface area contributed by atoms with Crippen molar-refractivity contribution in [1.82, 2.24) is 5.32 Å². The lowest BCUT2D eigenvalue weighted by Crippen LogP contribution is -2.48. The fourth-order valence-corrected chi connectivity index (χ4v) is 3.24. The maximum absolute atomic E-state index is 10.1. The van der Waals surface area contributed by atoms with Crippen molar-refractivity contribution in [1.29, 1.82) is 0 Å². The first-order valence-electron chi connectivity index (χ1n) is 9.80. The van der Waals surface area contributed by atoms with Crippen molar-refractivity contribution in [3.05, 3.63) is 65.7 Å². The predicted molar refractivity (Wildman–Crippen MR) is 111 cm³/mol. The summed E-state index contributed by atoms with van der Waals surface area (Å²) in [6.45, 7) is 2.87. The van der Waals surface area contributed by atoms with Crippen molar-refractivity contribution >= 4 is 6.16 Å². The van der Waals surface area contributed by atoms with Crippen LogP contribution in [0, 0.1) is 0 Å². The van der Waals surface area contributed by atoms with Gasteiger partial charge in [-0.3, -0.25) is 0 Å². The Balaban J connectivity index is 0.000000735. The second kappa shape index (κ2) is 12.8. The summed E-state index contributed by atoms with van der Waals surface area (Å²) in [6.07, 6.45) is -2.17. The first-order valence-corrected chi connectivity index (χ1v) is 9.80. The molecule has 1 aliphatic rings. The second-order valence-electron chi connectivity index (χ2n) is 6.91. The Morgan fingerprint density at radius 1 is 0.933 bits per heavy atom. The normalized spacial score (nSPS) is 20.7. The van der Waals surface area contributed by atoms with Gasteiger partial charge < -0.3 is 35.2 Å². The van der Waals surface area contributed by atoms with E-state index in [0.29, 0.717) is 32.9 Å². The molecule has 2 aromatic rings. The van der Waals surface area contributed by atoms with E-state index in [1.165, 1.54) is 5.56 Å². The molecular weight excluding hydrogens is 390 g/mol. The number of piperidine rings is 1. The minimum atomic E-state index is -1.83. The number of rotatable bonds is 8. The van der Waals surface area contributed by atoms with E-state index in [-0.39, 0.29) is 5.92 Å². The molecule has 0 aliphatic carbocycles. The fourth-order valence-electron chi connectivity index (χ4n) is 3.24. The molecule has 3 rings (SSSR count). The van der Waals surface area contributed by atoms with Gasteiger partial charge in [0.2, 0.25) is 0 Å². The molecule has 30 heavy (non-hydrogen) atoms. The maximum Gasteiger partial charge on any atom is 0.503 e. The smallest absolute Gasteiger partial charge is 0.494 e. The molecule has 1 fully saturated rings. The van der Waals surface area contributed by atoms with Gasteiger partial charge in [0.05, 0.1) is 32.0 Å². The molecule has 164 valence electrons. The number of hydrogen-bond donors (Lipinski definition) is 5. The highest BCUT2D eigenvalue weighted by Crippen LogP contribution is 2.27. The number of nitrogens with one attached hydrogen (secondary N) is 1. The number of aliphatic hydroxyl groups is 2. The quantitative estimate of drug-likeness (QED) is 0.412. The number of β-amino-alcohol motifs (C(OH)–C–C–N with tert-alkyl or cyclic N) is 2. The van der Waals surface area contributed by atoms with Gasteiger partial charge in [-0.15, -0.1) is 0 Å². The Bertz CT molecular complexity index is 725. The van der Waals surface area contributed by atoms with Crippen molar-refractivity contribution < 1.29 is 34.7 Å². The third-order valence-electron chi connectivity index (χ3n) is 4.61. The van der Waals surface area contributed by atoms with Gasteiger partial charge >= 0.3 is 6.16 Å². The molecule has 1 heterocycles. The van der Waals surface area contributed by atoms with Crippen LogP contribution in [0.1, 0.15) is 23.5 Å². The zero-order chi connectivity index (χ0) is 21.8. The number of benzene rings is 2. The summed E-state index contributed by atoms with van der Waals surface area (Å²) in [7, 11) is 0. The van der Waals surface area contributed by atoms with Gasteiger partial charge in [0, 0.05) is 25.4 Å². The van der Waals surface area contributed by atoms with E-state index < -0.39 is 18.4 Å². The van der Waals surface area contributed by atoms with E-state index in [1.54, 1.807) is 0 Å². The number of carbonyl (C=O) groups is 1. The summed E-state index contributed by atoms with van der Waals surface area (Å²) in [5, 5.41) is 37.2. The van der Waals surface area contributed by atoms with Crippen LogP contribution >= 0.6 is 0 Å². The highest BCUT2D eigenvalue weighted by Gasteiger charge is 2.31. The fraction of sp³-hybridized carbons (Fsp3) is 0.409. The van der Waals surface area contributed by atoms with Crippen LogP contribution in [0.4, 0.5) is 4.79 Å². The van der Waals surface area contributed by atoms with Gasteiger partial charge in [0.1, 0.15) is 5.75 Å². The van der Waals surface area contributed by atoms with Crippen LogP contribution in [0.5, 0.6) is 5.75 Å². The van der Waals surface area contributed by atoms with Crippen LogP contribution in [0.3, 0.4) is 0 Å². The van der Waals surface area contributed by atoms with Crippen molar-refractivity contribution in [2.45, 2.75) is 31.2 Å². The maximum atomic E-state index is 10.1. The van der Waals surface area contributed by atoms with E-state index >= 15 is 0 Å². The Hall–Kier alpha value is -2.65. The third kappa shape index (κ3) is 8.38. The zero-order valence-electron chi connectivity index (χ0n) is 16.7. The molecule has 0 aromatic heterocycles. The molecule has 8 heteroatoms. The monoisotopic (exact) mass is 419 g/mol. The lowest BCUT2D eigenvalue weighted by Gasteiger charge is -2.33. The molecule has 3 atom stereocenters. The van der Waals surface area contributed by atoms with Crippen LogP contribution in [-0.2, 0) is 11.3 Å². The second-order valence-corrected chi connectivity index (χ2v) is 6.91. The van der Waals surface area contributed by atoms with Crippen LogP contribution in [0.15, 0.2) is 54.6 Å². The van der Waals surface area contributed by atoms with Crippen molar-refractivity contribution in [3.8, 4) is 5.75 Å². The minimum Gasteiger partial charge on any atom is -0.494 e. The molecule has 1 unspecified atom stereocenters. The number of carboxylic acid groups (broad SMARTS) is 2. The summed E-state index contributed by atoms with van der Waals surface area (Å²) in [5.74, 6) is 0.534. The van der Waals surface area contributed by atoms with Gasteiger partial charge in [-0.2, -0.15) is 0 Å². The van der Waals surface area contributed by atoms with Crippen LogP contribution < -0.4 is 10.1 Å². The number of aliphatic hydroxyl groups excluding tert-OH is 2. The largest absolute Gasteiger partial charge is 0.503 e. The average molecular weight is 419 g/mol. The predicted octanol–water partition coefficient (Wildman–Crippen LogP) is 2.30. The van der Waals surface area contributed by atoms with Crippen molar-refractivity contribution in [2.75, 3.05) is 26.3 Å². The molecule has 2 aromatic carbocycles. The zero-order valence-corrected chi connectivity index (χ0v) is 16.7. The van der Waals surface area contributed by atoms with E-state index in [2.05, 4.69) is 5.32 Å². The Labute approximate surface area is 175 Å². The Morgan fingerprint density at radius 3 is 2.13 bits per heavy atom. The Morgan fingerprint density at radius 2 is 1.53 bits per heavy atom. The highest BCUT2D eigenvalue weighted by molar-refractivity contribution is 5.53. The van der Waals surface area contributed by atoms with Gasteiger partial charge in [0.15, 0.2) is 0 Å². The molecule has 0 amide bonds. The van der Waals surface area contributed by atoms with Gasteiger partial charge in [-0.1, -0.05) is 42.5 Å². The molecule has 1 saturated heterocycles. The van der Waals surface area contributed by atoms with Gasteiger partial charge in [-0.05, 0) is 23.3 Å². The molecule has 0 radical (unpaired) electrons. The van der Waals surface area contributed by atoms with Crippen LogP contribution in [0.2, 0.25) is 0 Å². The molecule has 0 bridgehead atoms. The molecule has 0 saturated carbocycles. The number of ether oxygens (including phenoxy) is 2. The highest BCUT2D eigenvalue weighted by atomic mass is 16.6. The summed E-state index contributed by atoms with van der Waals surface area (Å²) < 4.78 is 11.4. The van der Waals surface area contributed by atoms with E-state index in [9.17, 15) is 10.2 Å². The molecule has 1 aliphatic heterocycles. The van der Waals surface area contributed by atoms with Crippen molar-refractivity contribution in [3.63, 3.8) is 0 Å². The van der Waals surface area contributed by atoms with Crippen LogP contribution in [0.25, 0.3) is 0 Å². The third-order valence-corrected chi connectivity index (χ3v) is 4.61. The lowest BCUT2D eigenvalue weighted by atomic mass is 9.86. The summed E-state index contributed by atoms with van der Waals surface area (Å²) >= 11 is 0. The van der Waals surface area contributed by atoms with E-state index in [1.807, 2.05) is 54.6 Å². The molecule has 5 N–H and O–H groups in total. The molecule has 8 nitrogen and oxygen atoms in total. The topological polar surface area (TPSA) is 128 Å². The van der Waals surface area contributed by atoms with Crippen molar-refractivity contribution in [2.24, 2.45) is 0 Å². The SMILES string of the molecule is O=C(O)O.O[C@@H]1CNC[C@H](O)C1c1ccc(OCCCOCc2ccccc2)cc1. The first kappa shape index (κ1) is 23.6. The summed E-state index contributed by atoms with van der Waals surface area (Å²) in [6, 6.07) is 17.7. The minimum absolute atomic E-state index is 0.253. The van der Waals surface area contributed by atoms with Gasteiger partial charge in [0.25, 0.3) is 0 Å².